The molecular formula is C16H17NO3. The van der Waals surface area contributed by atoms with Gasteiger partial charge in [-0.15, -0.1) is 0 Å². The van der Waals surface area contributed by atoms with Crippen molar-refractivity contribution in [3.8, 4) is 11.5 Å². The molecule has 2 rings (SSSR count). The Labute approximate surface area is 117 Å². The van der Waals surface area contributed by atoms with Gasteiger partial charge in [-0.05, 0) is 29.7 Å². The maximum absolute atomic E-state index is 11.7. The van der Waals surface area contributed by atoms with Gasteiger partial charge >= 0.3 is 0 Å². The van der Waals surface area contributed by atoms with Crippen LogP contribution in [0.4, 0.5) is 0 Å². The van der Waals surface area contributed by atoms with Crippen LogP contribution in [0.15, 0.2) is 48.5 Å². The molecule has 0 unspecified atom stereocenters. The van der Waals surface area contributed by atoms with E-state index in [1.54, 1.807) is 6.07 Å². The van der Waals surface area contributed by atoms with Gasteiger partial charge in [0.05, 0.1) is 6.42 Å². The normalized spacial score (nSPS) is 10.2. The molecule has 0 aromatic heterocycles. The number of hydrogen-bond donors (Lipinski definition) is 3. The van der Waals surface area contributed by atoms with Crippen LogP contribution >= 0.6 is 0 Å². The highest BCUT2D eigenvalue weighted by atomic mass is 16.3. The van der Waals surface area contributed by atoms with Gasteiger partial charge in [-0.25, -0.2) is 0 Å². The molecule has 0 spiro atoms. The first-order valence-corrected chi connectivity index (χ1v) is 6.46. The number of carbonyl (C=O) groups excluding carboxylic acids is 1. The van der Waals surface area contributed by atoms with E-state index < -0.39 is 0 Å². The van der Waals surface area contributed by atoms with E-state index in [0.29, 0.717) is 12.1 Å². The predicted molar refractivity (Wildman–Crippen MR) is 76.6 cm³/mol. The number of nitrogens with one attached hydrogen (secondary N) is 1. The fraction of sp³-hybridized carbons (Fsp3) is 0.188. The van der Waals surface area contributed by atoms with E-state index in [0.717, 1.165) is 6.42 Å². The van der Waals surface area contributed by atoms with Crippen LogP contribution < -0.4 is 5.32 Å². The predicted octanol–water partition coefficient (Wildman–Crippen LogP) is 2.00. The molecule has 104 valence electrons. The van der Waals surface area contributed by atoms with Crippen LogP contribution in [0.2, 0.25) is 0 Å². The summed E-state index contributed by atoms with van der Waals surface area (Å²) in [6.07, 6.45) is 0.968. The van der Waals surface area contributed by atoms with Gasteiger partial charge in [0.1, 0.15) is 0 Å². The van der Waals surface area contributed by atoms with Gasteiger partial charge in [0.15, 0.2) is 11.5 Å². The fourth-order valence-corrected chi connectivity index (χ4v) is 1.92. The summed E-state index contributed by atoms with van der Waals surface area (Å²) in [6, 6.07) is 14.3. The van der Waals surface area contributed by atoms with Crippen molar-refractivity contribution in [3.63, 3.8) is 0 Å². The Morgan fingerprint density at radius 2 is 1.70 bits per heavy atom. The molecule has 2 aromatic carbocycles. The fourth-order valence-electron chi connectivity index (χ4n) is 1.92. The van der Waals surface area contributed by atoms with Gasteiger partial charge < -0.3 is 15.5 Å². The third-order valence-electron chi connectivity index (χ3n) is 2.98. The van der Waals surface area contributed by atoms with E-state index in [2.05, 4.69) is 5.32 Å². The summed E-state index contributed by atoms with van der Waals surface area (Å²) >= 11 is 0. The SMILES string of the molecule is O=C(Cc1ccc(O)c(O)c1)NCCc1ccccc1. The van der Waals surface area contributed by atoms with Crippen molar-refractivity contribution in [3.05, 3.63) is 59.7 Å². The van der Waals surface area contributed by atoms with Crippen molar-refractivity contribution in [1.29, 1.82) is 0 Å². The first kappa shape index (κ1) is 13.9. The topological polar surface area (TPSA) is 69.6 Å². The lowest BCUT2D eigenvalue weighted by atomic mass is 10.1. The summed E-state index contributed by atoms with van der Waals surface area (Å²) in [4.78, 5) is 11.7. The standard InChI is InChI=1S/C16H17NO3/c18-14-7-6-13(10-15(14)19)11-16(20)17-9-8-12-4-2-1-3-5-12/h1-7,10,18-19H,8-9,11H2,(H,17,20). The molecule has 0 aliphatic heterocycles. The molecule has 0 saturated carbocycles. The average molecular weight is 271 g/mol. The number of phenols is 2. The molecule has 20 heavy (non-hydrogen) atoms. The number of amides is 1. The second-order valence-corrected chi connectivity index (χ2v) is 4.59. The zero-order chi connectivity index (χ0) is 14.4. The Morgan fingerprint density at radius 1 is 0.950 bits per heavy atom. The third-order valence-corrected chi connectivity index (χ3v) is 2.98. The zero-order valence-corrected chi connectivity index (χ0v) is 11.0. The van der Waals surface area contributed by atoms with Crippen LogP contribution in [-0.4, -0.2) is 22.7 Å². The number of aromatic hydroxyl groups is 2. The van der Waals surface area contributed by atoms with Crippen LogP contribution in [0, 0.1) is 0 Å². The van der Waals surface area contributed by atoms with Gasteiger partial charge in [0, 0.05) is 6.54 Å². The Bertz CT molecular complexity index is 582. The minimum absolute atomic E-state index is 0.106. The molecule has 0 heterocycles. The van der Waals surface area contributed by atoms with Crippen LogP contribution in [0.1, 0.15) is 11.1 Å². The maximum Gasteiger partial charge on any atom is 0.224 e. The highest BCUT2D eigenvalue weighted by molar-refractivity contribution is 5.78. The first-order valence-electron chi connectivity index (χ1n) is 6.46. The highest BCUT2D eigenvalue weighted by Crippen LogP contribution is 2.24. The lowest BCUT2D eigenvalue weighted by molar-refractivity contribution is -0.120. The summed E-state index contributed by atoms with van der Waals surface area (Å²) in [5, 5.41) is 21.4. The first-order chi connectivity index (χ1) is 9.65. The molecule has 0 radical (unpaired) electrons. The van der Waals surface area contributed by atoms with Crippen LogP contribution in [0.3, 0.4) is 0 Å². The van der Waals surface area contributed by atoms with Gasteiger partial charge in [-0.2, -0.15) is 0 Å². The van der Waals surface area contributed by atoms with Gasteiger partial charge in [-0.1, -0.05) is 36.4 Å². The molecule has 3 N–H and O–H groups in total. The maximum atomic E-state index is 11.7. The van der Waals surface area contributed by atoms with Crippen LogP contribution in [0.5, 0.6) is 11.5 Å². The van der Waals surface area contributed by atoms with Crippen LogP contribution in [0.25, 0.3) is 0 Å². The third kappa shape index (κ3) is 4.02. The number of hydrogen-bond acceptors (Lipinski definition) is 3. The van der Waals surface area contributed by atoms with Gasteiger partial charge in [-0.3, -0.25) is 4.79 Å². The molecule has 0 saturated heterocycles. The number of carbonyl (C=O) groups is 1. The summed E-state index contributed by atoms with van der Waals surface area (Å²) in [5.74, 6) is -0.496. The molecule has 4 heteroatoms. The van der Waals surface area contributed by atoms with E-state index in [9.17, 15) is 15.0 Å². The molecule has 0 bridgehead atoms. The summed E-state index contributed by atoms with van der Waals surface area (Å²) in [5.41, 5.74) is 1.84. The smallest absolute Gasteiger partial charge is 0.224 e. The van der Waals surface area contributed by atoms with E-state index in [1.165, 1.54) is 17.7 Å². The molecule has 0 atom stereocenters. The largest absolute Gasteiger partial charge is 0.504 e. The second kappa shape index (κ2) is 6.61. The summed E-state index contributed by atoms with van der Waals surface area (Å²) in [7, 11) is 0. The summed E-state index contributed by atoms with van der Waals surface area (Å²) < 4.78 is 0. The number of benzene rings is 2. The second-order valence-electron chi connectivity index (χ2n) is 4.59. The molecule has 1 amide bonds. The van der Waals surface area contributed by atoms with Gasteiger partial charge in [0.25, 0.3) is 0 Å². The number of phenolic OH excluding ortho intramolecular Hbond substituents is 2. The quantitative estimate of drug-likeness (QED) is 0.728. The van der Waals surface area contributed by atoms with Crippen molar-refractivity contribution in [2.24, 2.45) is 0 Å². The van der Waals surface area contributed by atoms with Crippen molar-refractivity contribution < 1.29 is 15.0 Å². The Kier molecular flexibility index (Phi) is 4.60. The van der Waals surface area contributed by atoms with E-state index in [4.69, 9.17) is 0 Å². The van der Waals surface area contributed by atoms with Crippen molar-refractivity contribution in [2.75, 3.05) is 6.54 Å². The van der Waals surface area contributed by atoms with E-state index in [-0.39, 0.29) is 23.8 Å². The minimum Gasteiger partial charge on any atom is -0.504 e. The summed E-state index contributed by atoms with van der Waals surface area (Å²) in [6.45, 7) is 0.576. The van der Waals surface area contributed by atoms with Crippen molar-refractivity contribution >= 4 is 5.91 Å². The lowest BCUT2D eigenvalue weighted by Crippen LogP contribution is -2.27. The zero-order valence-electron chi connectivity index (χ0n) is 11.0. The molecule has 2 aromatic rings. The molecule has 0 aliphatic rings. The number of rotatable bonds is 5. The molecule has 0 fully saturated rings. The molecule has 4 nitrogen and oxygen atoms in total. The Morgan fingerprint density at radius 3 is 2.40 bits per heavy atom. The van der Waals surface area contributed by atoms with Crippen molar-refractivity contribution in [1.82, 2.24) is 5.32 Å². The molecular weight excluding hydrogens is 254 g/mol. The highest BCUT2D eigenvalue weighted by Gasteiger charge is 2.06. The Hall–Kier alpha value is -2.49. The lowest BCUT2D eigenvalue weighted by Gasteiger charge is -2.06. The van der Waals surface area contributed by atoms with E-state index in [1.807, 2.05) is 30.3 Å². The van der Waals surface area contributed by atoms with E-state index >= 15 is 0 Å². The monoisotopic (exact) mass is 271 g/mol. The van der Waals surface area contributed by atoms with Crippen LogP contribution in [-0.2, 0) is 17.6 Å². The molecule has 0 aliphatic carbocycles. The van der Waals surface area contributed by atoms with Crippen molar-refractivity contribution in [2.45, 2.75) is 12.8 Å². The Balaban J connectivity index is 1.79. The average Bonchev–Trinajstić information content (AvgIpc) is 2.44. The minimum atomic E-state index is -0.209. The van der Waals surface area contributed by atoms with Gasteiger partial charge in [0.2, 0.25) is 5.91 Å².